The van der Waals surface area contributed by atoms with E-state index >= 15 is 0 Å². The van der Waals surface area contributed by atoms with Crippen LogP contribution in [-0.2, 0) is 0 Å². The number of rotatable bonds is 5. The van der Waals surface area contributed by atoms with Crippen molar-refractivity contribution in [2.24, 2.45) is 0 Å². The van der Waals surface area contributed by atoms with Gasteiger partial charge < -0.3 is 15.5 Å². The molecule has 0 aromatic heterocycles. The van der Waals surface area contributed by atoms with Crippen molar-refractivity contribution in [1.82, 2.24) is 5.32 Å². The number of hydrogen-bond acceptors (Lipinski definition) is 4. The van der Waals surface area contributed by atoms with Gasteiger partial charge in [0.1, 0.15) is 5.75 Å². The molecule has 1 fully saturated rings. The lowest BCUT2D eigenvalue weighted by atomic mass is 10.00. The van der Waals surface area contributed by atoms with Crippen LogP contribution in [-0.4, -0.2) is 33.9 Å². The number of nitrogens with one attached hydrogen (secondary N) is 1. The summed E-state index contributed by atoms with van der Waals surface area (Å²) in [5, 5.41) is 23.7. The number of thioether (sulfide) groups is 1. The molecule has 3 N–H and O–H groups in total. The molecule has 106 valence electrons. The van der Waals surface area contributed by atoms with E-state index in [0.717, 1.165) is 34.4 Å². The fourth-order valence-electron chi connectivity index (χ4n) is 2.33. The van der Waals surface area contributed by atoms with Gasteiger partial charge in [0.05, 0.1) is 5.60 Å². The molecule has 0 unspecified atom stereocenters. The van der Waals surface area contributed by atoms with Gasteiger partial charge in [-0.2, -0.15) is 11.8 Å². The quantitative estimate of drug-likeness (QED) is 0.767. The fourth-order valence-corrected chi connectivity index (χ4v) is 4.00. The van der Waals surface area contributed by atoms with Crippen LogP contribution in [0.25, 0.3) is 0 Å². The number of aliphatic hydroxyl groups is 1. The minimum atomic E-state index is -0.598. The van der Waals surface area contributed by atoms with Crippen molar-refractivity contribution < 1.29 is 10.2 Å². The van der Waals surface area contributed by atoms with E-state index in [2.05, 4.69) is 28.2 Å². The Morgan fingerprint density at radius 2 is 2.32 bits per heavy atom. The second-order valence-corrected chi connectivity index (χ2v) is 7.09. The molecule has 0 amide bonds. The maximum atomic E-state index is 10.4. The van der Waals surface area contributed by atoms with E-state index in [1.807, 2.05) is 12.1 Å². The highest BCUT2D eigenvalue weighted by atomic mass is 79.9. The molecule has 1 saturated heterocycles. The summed E-state index contributed by atoms with van der Waals surface area (Å²) in [6.07, 6.45) is 1.71. The Bertz CT molecular complexity index is 435. The molecule has 5 heteroatoms. The lowest BCUT2D eigenvalue weighted by Gasteiger charge is -2.26. The standard InChI is InChI=1S/C14H20BrNO2S/c1-2-12(11-7-10(15)3-4-13(11)17)16-8-14(18)5-6-19-9-14/h3-4,7,12,16-18H,2,5-6,8-9H2,1H3/t12-,14-/m1/s1. The van der Waals surface area contributed by atoms with Gasteiger partial charge in [0.2, 0.25) is 0 Å². The zero-order valence-electron chi connectivity index (χ0n) is 11.0. The third-order valence-corrected chi connectivity index (χ3v) is 5.26. The molecule has 0 spiro atoms. The predicted molar refractivity (Wildman–Crippen MR) is 83.7 cm³/mol. The monoisotopic (exact) mass is 345 g/mol. The Balaban J connectivity index is 2.05. The summed E-state index contributed by atoms with van der Waals surface area (Å²) in [6, 6.07) is 5.52. The van der Waals surface area contributed by atoms with E-state index in [9.17, 15) is 10.2 Å². The Morgan fingerprint density at radius 3 is 2.95 bits per heavy atom. The molecule has 0 radical (unpaired) electrons. The molecule has 2 rings (SSSR count). The number of hydrogen-bond donors (Lipinski definition) is 3. The van der Waals surface area contributed by atoms with Crippen LogP contribution in [0.1, 0.15) is 31.4 Å². The van der Waals surface area contributed by atoms with Crippen molar-refractivity contribution in [2.45, 2.75) is 31.4 Å². The van der Waals surface area contributed by atoms with Crippen LogP contribution in [0.2, 0.25) is 0 Å². The fraction of sp³-hybridized carbons (Fsp3) is 0.571. The van der Waals surface area contributed by atoms with E-state index in [0.29, 0.717) is 12.3 Å². The van der Waals surface area contributed by atoms with Crippen LogP contribution in [0.3, 0.4) is 0 Å². The van der Waals surface area contributed by atoms with E-state index < -0.39 is 5.60 Å². The first-order chi connectivity index (χ1) is 9.04. The Morgan fingerprint density at radius 1 is 1.53 bits per heavy atom. The Hall–Kier alpha value is -0.230. The van der Waals surface area contributed by atoms with Gasteiger partial charge in [-0.25, -0.2) is 0 Å². The lowest BCUT2D eigenvalue weighted by Crippen LogP contribution is -2.41. The highest BCUT2D eigenvalue weighted by Gasteiger charge is 2.32. The molecule has 2 atom stereocenters. The summed E-state index contributed by atoms with van der Waals surface area (Å²) in [4.78, 5) is 0. The van der Waals surface area contributed by atoms with Gasteiger partial charge in [-0.3, -0.25) is 0 Å². The van der Waals surface area contributed by atoms with Crippen molar-refractivity contribution in [3.8, 4) is 5.75 Å². The van der Waals surface area contributed by atoms with Crippen LogP contribution in [0.4, 0.5) is 0 Å². The average molecular weight is 346 g/mol. The minimum Gasteiger partial charge on any atom is -0.508 e. The smallest absolute Gasteiger partial charge is 0.120 e. The lowest BCUT2D eigenvalue weighted by molar-refractivity contribution is 0.0642. The van der Waals surface area contributed by atoms with E-state index in [1.165, 1.54) is 0 Å². The van der Waals surface area contributed by atoms with Crippen LogP contribution in [0.5, 0.6) is 5.75 Å². The van der Waals surface area contributed by atoms with Gasteiger partial charge in [-0.05, 0) is 36.8 Å². The molecule has 1 aliphatic rings. The normalized spacial score (nSPS) is 24.6. The van der Waals surface area contributed by atoms with Crippen molar-refractivity contribution in [1.29, 1.82) is 0 Å². The minimum absolute atomic E-state index is 0.0622. The van der Waals surface area contributed by atoms with E-state index in [4.69, 9.17) is 0 Å². The molecule has 1 aliphatic heterocycles. The maximum Gasteiger partial charge on any atom is 0.120 e. The zero-order valence-corrected chi connectivity index (χ0v) is 13.4. The highest BCUT2D eigenvalue weighted by molar-refractivity contribution is 9.10. The molecule has 1 aromatic carbocycles. The Labute approximate surface area is 126 Å². The van der Waals surface area contributed by atoms with E-state index in [1.54, 1.807) is 17.8 Å². The van der Waals surface area contributed by atoms with Gasteiger partial charge >= 0.3 is 0 Å². The molecule has 0 saturated carbocycles. The third kappa shape index (κ3) is 3.88. The maximum absolute atomic E-state index is 10.4. The van der Waals surface area contributed by atoms with Crippen LogP contribution >= 0.6 is 27.7 Å². The second kappa shape index (κ2) is 6.48. The number of halogens is 1. The van der Waals surface area contributed by atoms with E-state index in [-0.39, 0.29) is 6.04 Å². The topological polar surface area (TPSA) is 52.5 Å². The first-order valence-corrected chi connectivity index (χ1v) is 8.51. The SMILES string of the molecule is CC[C@@H](NC[C@]1(O)CCSC1)c1cc(Br)ccc1O. The number of benzene rings is 1. The third-order valence-electron chi connectivity index (χ3n) is 3.53. The first kappa shape index (κ1) is 15.2. The second-order valence-electron chi connectivity index (χ2n) is 5.07. The summed E-state index contributed by atoms with van der Waals surface area (Å²) in [5.41, 5.74) is 0.283. The van der Waals surface area contributed by atoms with Gasteiger partial charge in [-0.1, -0.05) is 22.9 Å². The van der Waals surface area contributed by atoms with Crippen LogP contribution in [0.15, 0.2) is 22.7 Å². The zero-order chi connectivity index (χ0) is 13.9. The summed E-state index contributed by atoms with van der Waals surface area (Å²) in [5.74, 6) is 2.12. The molecule has 19 heavy (non-hydrogen) atoms. The van der Waals surface area contributed by atoms with Crippen molar-refractivity contribution >= 4 is 27.7 Å². The molecule has 3 nitrogen and oxygen atoms in total. The van der Waals surface area contributed by atoms with Gasteiger partial charge in [-0.15, -0.1) is 0 Å². The number of phenolic OH excluding ortho intramolecular Hbond substituents is 1. The predicted octanol–water partition coefficient (Wildman–Crippen LogP) is 3.06. The molecule has 0 bridgehead atoms. The summed E-state index contributed by atoms with van der Waals surface area (Å²) in [6.45, 7) is 2.65. The van der Waals surface area contributed by atoms with Crippen LogP contribution in [0, 0.1) is 0 Å². The molecular weight excluding hydrogens is 326 g/mol. The first-order valence-electron chi connectivity index (χ1n) is 6.56. The van der Waals surface area contributed by atoms with Crippen molar-refractivity contribution in [3.05, 3.63) is 28.2 Å². The van der Waals surface area contributed by atoms with Crippen molar-refractivity contribution in [3.63, 3.8) is 0 Å². The summed E-state index contributed by atoms with van der Waals surface area (Å²) < 4.78 is 0.954. The largest absolute Gasteiger partial charge is 0.508 e. The molecule has 1 heterocycles. The average Bonchev–Trinajstić information content (AvgIpc) is 2.81. The van der Waals surface area contributed by atoms with Gasteiger partial charge in [0, 0.05) is 28.4 Å². The summed E-state index contributed by atoms with van der Waals surface area (Å²) >= 11 is 5.22. The van der Waals surface area contributed by atoms with Gasteiger partial charge in [0.15, 0.2) is 0 Å². The van der Waals surface area contributed by atoms with Gasteiger partial charge in [0.25, 0.3) is 0 Å². The van der Waals surface area contributed by atoms with Crippen LogP contribution < -0.4 is 5.32 Å². The number of aromatic hydroxyl groups is 1. The summed E-state index contributed by atoms with van der Waals surface area (Å²) in [7, 11) is 0. The van der Waals surface area contributed by atoms with Crippen molar-refractivity contribution in [2.75, 3.05) is 18.1 Å². The molecular formula is C14H20BrNO2S. The molecule has 1 aromatic rings. The molecule has 0 aliphatic carbocycles. The highest BCUT2D eigenvalue weighted by Crippen LogP contribution is 2.31. The Kier molecular flexibility index (Phi) is 5.17. The number of phenols is 1.